The summed E-state index contributed by atoms with van der Waals surface area (Å²) >= 11 is 0. The molecule has 4 heteroatoms. The highest BCUT2D eigenvalue weighted by Gasteiger charge is 2.27. The number of unbranched alkanes of at least 4 members (excludes halogenated alkanes) is 2. The highest BCUT2D eigenvalue weighted by molar-refractivity contribution is 5.70. The topological polar surface area (TPSA) is 64.3 Å². The van der Waals surface area contributed by atoms with Crippen molar-refractivity contribution in [2.75, 3.05) is 19.6 Å². The highest BCUT2D eigenvalue weighted by Crippen LogP contribution is 2.16. The Labute approximate surface area is 84.1 Å². The molecule has 1 aliphatic heterocycles. The lowest BCUT2D eigenvalue weighted by molar-refractivity contribution is -0.141. The van der Waals surface area contributed by atoms with Gasteiger partial charge in [0.2, 0.25) is 0 Å². The van der Waals surface area contributed by atoms with Crippen LogP contribution in [0.2, 0.25) is 0 Å². The number of carbonyl (C=O) groups is 1. The first-order chi connectivity index (χ1) is 6.74. The number of carboxylic acid groups (broad SMARTS) is 1. The van der Waals surface area contributed by atoms with E-state index in [0.717, 1.165) is 32.4 Å². The monoisotopic (exact) mass is 196 g/mol. The van der Waals surface area contributed by atoms with Gasteiger partial charge in [0, 0.05) is 13.0 Å². The molecule has 0 amide bonds. The lowest BCUT2D eigenvalue weighted by atomic mass is 10.1. The van der Waals surface area contributed by atoms with Crippen LogP contribution < -0.4 is 0 Å². The maximum Gasteiger partial charge on any atom is 0.307 e. The van der Waals surface area contributed by atoms with Crippen LogP contribution in [0.15, 0.2) is 0 Å². The minimum absolute atomic E-state index is 0.175. The van der Waals surface area contributed by atoms with Crippen molar-refractivity contribution >= 4 is 5.97 Å². The first-order valence-electron chi connectivity index (χ1n) is 5.06. The number of nitrogens with zero attached hydrogens (tertiary/aromatic N) is 2. The second-order valence-corrected chi connectivity index (χ2v) is 3.74. The Morgan fingerprint density at radius 3 is 2.93 bits per heavy atom. The third-order valence-electron chi connectivity index (χ3n) is 2.63. The molecule has 1 heterocycles. The molecule has 0 aromatic heterocycles. The minimum atomic E-state index is -0.676. The van der Waals surface area contributed by atoms with Crippen LogP contribution in [0.4, 0.5) is 0 Å². The van der Waals surface area contributed by atoms with Gasteiger partial charge >= 0.3 is 5.97 Å². The molecule has 0 saturated carbocycles. The van der Waals surface area contributed by atoms with Crippen LogP contribution in [0.5, 0.6) is 0 Å². The van der Waals surface area contributed by atoms with E-state index in [2.05, 4.69) is 11.0 Å². The maximum atomic E-state index is 10.7. The summed E-state index contributed by atoms with van der Waals surface area (Å²) in [7, 11) is 0. The average molecular weight is 196 g/mol. The molecule has 1 rings (SSSR count). The van der Waals surface area contributed by atoms with E-state index in [0.29, 0.717) is 13.0 Å². The summed E-state index contributed by atoms with van der Waals surface area (Å²) in [5.74, 6) is -0.851. The third-order valence-corrected chi connectivity index (χ3v) is 2.63. The zero-order valence-corrected chi connectivity index (χ0v) is 8.28. The summed E-state index contributed by atoms with van der Waals surface area (Å²) in [5.41, 5.74) is 0. The van der Waals surface area contributed by atoms with E-state index in [1.807, 2.05) is 0 Å². The van der Waals surface area contributed by atoms with Gasteiger partial charge < -0.3 is 10.0 Å². The van der Waals surface area contributed by atoms with E-state index in [1.165, 1.54) is 0 Å². The molecule has 0 bridgehead atoms. The largest absolute Gasteiger partial charge is 0.481 e. The van der Waals surface area contributed by atoms with Gasteiger partial charge in [0.15, 0.2) is 0 Å². The van der Waals surface area contributed by atoms with E-state index < -0.39 is 5.97 Å². The van der Waals surface area contributed by atoms with Gasteiger partial charge in [-0.05, 0) is 32.4 Å². The predicted molar refractivity (Wildman–Crippen MR) is 51.6 cm³/mol. The summed E-state index contributed by atoms with van der Waals surface area (Å²) in [6.45, 7) is 2.51. The molecular weight excluding hydrogens is 180 g/mol. The van der Waals surface area contributed by atoms with Crippen LogP contribution in [-0.4, -0.2) is 35.6 Å². The van der Waals surface area contributed by atoms with Crippen LogP contribution in [0.1, 0.15) is 25.7 Å². The van der Waals surface area contributed by atoms with Crippen molar-refractivity contribution < 1.29 is 9.90 Å². The number of carboxylic acids is 1. The summed E-state index contributed by atoms with van der Waals surface area (Å²) in [5, 5.41) is 17.1. The van der Waals surface area contributed by atoms with Crippen LogP contribution in [0.25, 0.3) is 0 Å². The fraction of sp³-hybridized carbons (Fsp3) is 0.800. The molecule has 0 aromatic rings. The van der Waals surface area contributed by atoms with E-state index >= 15 is 0 Å². The lowest BCUT2D eigenvalue weighted by Crippen LogP contribution is -2.24. The number of nitriles is 1. The lowest BCUT2D eigenvalue weighted by Gasteiger charge is -2.13. The molecule has 78 valence electrons. The molecule has 0 aromatic carbocycles. The number of aliphatic carboxylic acids is 1. The molecule has 1 unspecified atom stereocenters. The quantitative estimate of drug-likeness (QED) is 0.668. The second-order valence-electron chi connectivity index (χ2n) is 3.74. The molecule has 4 nitrogen and oxygen atoms in total. The average Bonchev–Trinajstić information content (AvgIpc) is 2.61. The van der Waals surface area contributed by atoms with Crippen molar-refractivity contribution in [1.82, 2.24) is 4.90 Å². The van der Waals surface area contributed by atoms with E-state index in [9.17, 15) is 4.79 Å². The minimum Gasteiger partial charge on any atom is -0.481 e. The van der Waals surface area contributed by atoms with Gasteiger partial charge in [-0.15, -0.1) is 0 Å². The van der Waals surface area contributed by atoms with Gasteiger partial charge in [0.05, 0.1) is 12.0 Å². The van der Waals surface area contributed by atoms with Crippen LogP contribution in [-0.2, 0) is 4.79 Å². The van der Waals surface area contributed by atoms with Crippen molar-refractivity contribution in [2.24, 2.45) is 5.92 Å². The van der Waals surface area contributed by atoms with Crippen LogP contribution >= 0.6 is 0 Å². The van der Waals surface area contributed by atoms with Crippen LogP contribution in [0, 0.1) is 17.2 Å². The van der Waals surface area contributed by atoms with Gasteiger partial charge in [0.1, 0.15) is 0 Å². The Hall–Kier alpha value is -1.08. The number of rotatable bonds is 5. The van der Waals surface area contributed by atoms with Crippen molar-refractivity contribution in [2.45, 2.75) is 25.7 Å². The van der Waals surface area contributed by atoms with Crippen molar-refractivity contribution in [3.63, 3.8) is 0 Å². The molecular formula is C10H16N2O2. The zero-order valence-electron chi connectivity index (χ0n) is 8.28. The molecule has 1 atom stereocenters. The van der Waals surface area contributed by atoms with Gasteiger partial charge in [-0.25, -0.2) is 0 Å². The molecule has 14 heavy (non-hydrogen) atoms. The molecule has 0 spiro atoms. The SMILES string of the molecule is N#CCCCCN1CCC(C(=O)O)C1. The standard InChI is InChI=1S/C10H16N2O2/c11-5-2-1-3-6-12-7-4-9(8-12)10(13)14/h9H,1-4,6-8H2,(H,13,14). The van der Waals surface area contributed by atoms with Gasteiger partial charge in [-0.3, -0.25) is 4.79 Å². The fourth-order valence-corrected chi connectivity index (χ4v) is 1.78. The molecule has 1 aliphatic rings. The molecule has 1 N–H and O–H groups in total. The maximum absolute atomic E-state index is 10.7. The molecule has 1 fully saturated rings. The van der Waals surface area contributed by atoms with Gasteiger partial charge in [-0.1, -0.05) is 0 Å². The van der Waals surface area contributed by atoms with Crippen LogP contribution in [0.3, 0.4) is 0 Å². The zero-order chi connectivity index (χ0) is 10.4. The van der Waals surface area contributed by atoms with Gasteiger partial charge in [0.25, 0.3) is 0 Å². The summed E-state index contributed by atoms with van der Waals surface area (Å²) in [6, 6.07) is 2.11. The smallest absolute Gasteiger partial charge is 0.307 e. The number of likely N-dealkylation sites (tertiary alicyclic amines) is 1. The number of hydrogen-bond donors (Lipinski definition) is 1. The molecule has 0 radical (unpaired) electrons. The number of hydrogen-bond acceptors (Lipinski definition) is 3. The van der Waals surface area contributed by atoms with Crippen molar-refractivity contribution in [3.8, 4) is 6.07 Å². The Balaban J connectivity index is 2.11. The van der Waals surface area contributed by atoms with Crippen molar-refractivity contribution in [1.29, 1.82) is 5.26 Å². The van der Waals surface area contributed by atoms with E-state index in [4.69, 9.17) is 10.4 Å². The summed E-state index contributed by atoms with van der Waals surface area (Å²) in [4.78, 5) is 12.8. The summed E-state index contributed by atoms with van der Waals surface area (Å²) < 4.78 is 0. The predicted octanol–water partition coefficient (Wildman–Crippen LogP) is 1.09. The third kappa shape index (κ3) is 3.35. The van der Waals surface area contributed by atoms with Crippen molar-refractivity contribution in [3.05, 3.63) is 0 Å². The van der Waals surface area contributed by atoms with Gasteiger partial charge in [-0.2, -0.15) is 5.26 Å². The Morgan fingerprint density at radius 2 is 2.36 bits per heavy atom. The Bertz CT molecular complexity index is 235. The fourth-order valence-electron chi connectivity index (χ4n) is 1.78. The highest BCUT2D eigenvalue weighted by atomic mass is 16.4. The second kappa shape index (κ2) is 5.61. The van der Waals surface area contributed by atoms with E-state index in [-0.39, 0.29) is 5.92 Å². The Morgan fingerprint density at radius 1 is 1.57 bits per heavy atom. The molecule has 0 aliphatic carbocycles. The first kappa shape index (κ1) is 11.0. The molecule has 1 saturated heterocycles. The first-order valence-corrected chi connectivity index (χ1v) is 5.06. The van der Waals surface area contributed by atoms with E-state index in [1.54, 1.807) is 0 Å². The Kier molecular flexibility index (Phi) is 4.41. The normalized spacial score (nSPS) is 22.1. The summed E-state index contributed by atoms with van der Waals surface area (Å²) in [6.07, 6.45) is 3.30.